The monoisotopic (exact) mass is 293 g/mol. The molecule has 4 nitrogen and oxygen atoms in total. The molecule has 108 valence electrons. The molecular formula is C15H19NO3S. The van der Waals surface area contributed by atoms with Crippen LogP contribution in [0.5, 0.6) is 11.5 Å². The lowest BCUT2D eigenvalue weighted by Crippen LogP contribution is -2.19. The topological polar surface area (TPSA) is 64.7 Å². The van der Waals surface area contributed by atoms with Gasteiger partial charge in [-0.15, -0.1) is 11.3 Å². The van der Waals surface area contributed by atoms with Gasteiger partial charge >= 0.3 is 0 Å². The van der Waals surface area contributed by atoms with Gasteiger partial charge < -0.3 is 20.3 Å². The first-order chi connectivity index (χ1) is 9.69. The summed E-state index contributed by atoms with van der Waals surface area (Å²) < 4.78 is 10.3. The van der Waals surface area contributed by atoms with Crippen molar-refractivity contribution in [1.29, 1.82) is 0 Å². The van der Waals surface area contributed by atoms with Gasteiger partial charge in [-0.3, -0.25) is 0 Å². The molecule has 0 fully saturated rings. The van der Waals surface area contributed by atoms with Crippen LogP contribution in [0.2, 0.25) is 0 Å². The van der Waals surface area contributed by atoms with Gasteiger partial charge in [0.25, 0.3) is 0 Å². The SMILES string of the molecule is COc1ccc(C(CN)C(O)c2cc(OC)cs2)cc1. The van der Waals surface area contributed by atoms with Crippen molar-refractivity contribution in [1.82, 2.24) is 0 Å². The summed E-state index contributed by atoms with van der Waals surface area (Å²) in [6.45, 7) is 0.369. The molecule has 1 aromatic carbocycles. The summed E-state index contributed by atoms with van der Waals surface area (Å²) >= 11 is 1.47. The highest BCUT2D eigenvalue weighted by Crippen LogP contribution is 2.36. The summed E-state index contributed by atoms with van der Waals surface area (Å²) in [5, 5.41) is 12.4. The van der Waals surface area contributed by atoms with Crippen LogP contribution in [0.3, 0.4) is 0 Å². The Morgan fingerprint density at radius 1 is 1.15 bits per heavy atom. The van der Waals surface area contributed by atoms with Gasteiger partial charge in [0.15, 0.2) is 0 Å². The van der Waals surface area contributed by atoms with Gasteiger partial charge in [-0.25, -0.2) is 0 Å². The fourth-order valence-electron chi connectivity index (χ4n) is 2.09. The number of benzene rings is 1. The number of ether oxygens (including phenoxy) is 2. The van der Waals surface area contributed by atoms with Gasteiger partial charge in [0, 0.05) is 22.7 Å². The largest absolute Gasteiger partial charge is 0.497 e. The van der Waals surface area contributed by atoms with Gasteiger partial charge in [-0.1, -0.05) is 12.1 Å². The van der Waals surface area contributed by atoms with Crippen LogP contribution in [-0.2, 0) is 0 Å². The molecule has 1 heterocycles. The average molecular weight is 293 g/mol. The van der Waals surface area contributed by atoms with E-state index in [0.717, 1.165) is 21.9 Å². The van der Waals surface area contributed by atoms with Crippen molar-refractivity contribution in [2.24, 2.45) is 5.73 Å². The lowest BCUT2D eigenvalue weighted by Gasteiger charge is -2.21. The molecule has 3 N–H and O–H groups in total. The molecule has 0 aliphatic rings. The van der Waals surface area contributed by atoms with E-state index in [1.165, 1.54) is 11.3 Å². The van der Waals surface area contributed by atoms with E-state index in [4.69, 9.17) is 15.2 Å². The first-order valence-electron chi connectivity index (χ1n) is 6.34. The standard InChI is InChI=1S/C15H19NO3S/c1-18-11-5-3-10(4-6-11)13(8-16)15(17)14-7-12(19-2)9-20-14/h3-7,9,13,15,17H,8,16H2,1-2H3. The van der Waals surface area contributed by atoms with Crippen molar-refractivity contribution in [2.75, 3.05) is 20.8 Å². The van der Waals surface area contributed by atoms with E-state index < -0.39 is 6.10 Å². The normalized spacial score (nSPS) is 13.8. The summed E-state index contributed by atoms with van der Waals surface area (Å²) in [7, 11) is 3.24. The Balaban J connectivity index is 2.21. The number of aliphatic hydroxyl groups excluding tert-OH is 1. The number of nitrogens with two attached hydrogens (primary N) is 1. The van der Waals surface area contributed by atoms with E-state index in [-0.39, 0.29) is 5.92 Å². The highest BCUT2D eigenvalue weighted by atomic mass is 32.1. The first kappa shape index (κ1) is 14.8. The summed E-state index contributed by atoms with van der Waals surface area (Å²) in [6, 6.07) is 9.47. The molecule has 0 spiro atoms. The van der Waals surface area contributed by atoms with E-state index in [9.17, 15) is 5.11 Å². The lowest BCUT2D eigenvalue weighted by atomic mass is 9.92. The fraction of sp³-hybridized carbons (Fsp3) is 0.333. The maximum Gasteiger partial charge on any atom is 0.129 e. The molecule has 0 saturated carbocycles. The number of methoxy groups -OCH3 is 2. The van der Waals surface area contributed by atoms with Crippen molar-refractivity contribution in [2.45, 2.75) is 12.0 Å². The minimum Gasteiger partial charge on any atom is -0.497 e. The predicted octanol–water partition coefficient (Wildman–Crippen LogP) is 2.54. The van der Waals surface area contributed by atoms with Crippen molar-refractivity contribution in [3.8, 4) is 11.5 Å². The van der Waals surface area contributed by atoms with E-state index in [2.05, 4.69) is 0 Å². The highest BCUT2D eigenvalue weighted by Gasteiger charge is 2.23. The zero-order chi connectivity index (χ0) is 14.5. The Bertz CT molecular complexity index is 538. The molecule has 0 bridgehead atoms. The molecule has 2 unspecified atom stereocenters. The van der Waals surface area contributed by atoms with Crippen LogP contribution >= 0.6 is 11.3 Å². The second kappa shape index (κ2) is 6.74. The third-order valence-electron chi connectivity index (χ3n) is 3.30. The molecule has 0 aliphatic carbocycles. The average Bonchev–Trinajstić information content (AvgIpc) is 2.97. The molecule has 2 rings (SSSR count). The van der Waals surface area contributed by atoms with E-state index >= 15 is 0 Å². The van der Waals surface area contributed by atoms with Gasteiger partial charge in [0.05, 0.1) is 20.3 Å². The van der Waals surface area contributed by atoms with Gasteiger partial charge in [-0.2, -0.15) is 0 Å². The third-order valence-corrected chi connectivity index (χ3v) is 4.28. The summed E-state index contributed by atoms with van der Waals surface area (Å²) in [5.74, 6) is 1.40. The Morgan fingerprint density at radius 2 is 1.80 bits per heavy atom. The van der Waals surface area contributed by atoms with Crippen LogP contribution in [0.25, 0.3) is 0 Å². The van der Waals surface area contributed by atoms with Crippen molar-refractivity contribution >= 4 is 11.3 Å². The van der Waals surface area contributed by atoms with Crippen LogP contribution in [0.1, 0.15) is 22.5 Å². The minimum absolute atomic E-state index is 0.149. The van der Waals surface area contributed by atoms with Crippen molar-refractivity contribution < 1.29 is 14.6 Å². The van der Waals surface area contributed by atoms with Crippen molar-refractivity contribution in [3.05, 3.63) is 46.2 Å². The summed E-state index contributed by atoms with van der Waals surface area (Å²) in [4.78, 5) is 0.855. The fourth-order valence-corrected chi connectivity index (χ4v) is 3.00. The zero-order valence-corrected chi connectivity index (χ0v) is 12.4. The summed E-state index contributed by atoms with van der Waals surface area (Å²) in [6.07, 6.45) is -0.637. The lowest BCUT2D eigenvalue weighted by molar-refractivity contribution is 0.151. The van der Waals surface area contributed by atoms with Crippen molar-refractivity contribution in [3.63, 3.8) is 0 Å². The zero-order valence-electron chi connectivity index (χ0n) is 11.6. The molecule has 20 heavy (non-hydrogen) atoms. The van der Waals surface area contributed by atoms with E-state index in [0.29, 0.717) is 6.54 Å². The predicted molar refractivity (Wildman–Crippen MR) is 80.6 cm³/mol. The number of thiophene rings is 1. The molecule has 1 aromatic heterocycles. The van der Waals surface area contributed by atoms with Crippen LogP contribution in [0.15, 0.2) is 35.7 Å². The molecule has 0 amide bonds. The Kier molecular flexibility index (Phi) is 5.00. The number of hydrogen-bond acceptors (Lipinski definition) is 5. The van der Waals surface area contributed by atoms with E-state index in [1.807, 2.05) is 35.7 Å². The Labute approximate surface area is 122 Å². The molecule has 0 radical (unpaired) electrons. The molecular weight excluding hydrogens is 274 g/mol. The summed E-state index contributed by atoms with van der Waals surface area (Å²) in [5.41, 5.74) is 6.83. The van der Waals surface area contributed by atoms with Crippen LogP contribution < -0.4 is 15.2 Å². The van der Waals surface area contributed by atoms with Gasteiger partial charge in [0.1, 0.15) is 11.5 Å². The number of aliphatic hydroxyl groups is 1. The second-order valence-electron chi connectivity index (χ2n) is 4.45. The minimum atomic E-state index is -0.637. The van der Waals surface area contributed by atoms with Crippen LogP contribution in [-0.4, -0.2) is 25.9 Å². The highest BCUT2D eigenvalue weighted by molar-refractivity contribution is 7.10. The maximum atomic E-state index is 10.5. The maximum absolute atomic E-state index is 10.5. The molecule has 2 aromatic rings. The smallest absolute Gasteiger partial charge is 0.129 e. The molecule has 5 heteroatoms. The van der Waals surface area contributed by atoms with Crippen LogP contribution in [0.4, 0.5) is 0 Å². The Morgan fingerprint density at radius 3 is 2.30 bits per heavy atom. The first-order valence-corrected chi connectivity index (χ1v) is 7.22. The Hall–Kier alpha value is -1.56. The molecule has 2 atom stereocenters. The van der Waals surface area contributed by atoms with Crippen LogP contribution in [0, 0.1) is 0 Å². The quantitative estimate of drug-likeness (QED) is 0.859. The second-order valence-corrected chi connectivity index (χ2v) is 5.39. The number of hydrogen-bond donors (Lipinski definition) is 2. The van der Waals surface area contributed by atoms with Gasteiger partial charge in [-0.05, 0) is 23.8 Å². The van der Waals surface area contributed by atoms with Gasteiger partial charge in [0.2, 0.25) is 0 Å². The molecule has 0 saturated heterocycles. The molecule has 0 aliphatic heterocycles. The third kappa shape index (κ3) is 3.12. The number of rotatable bonds is 6. The van der Waals surface area contributed by atoms with E-state index in [1.54, 1.807) is 14.2 Å².